The molecule has 0 bridgehead atoms. The summed E-state index contributed by atoms with van der Waals surface area (Å²) in [6, 6.07) is 0. The van der Waals surface area contributed by atoms with E-state index in [1.54, 1.807) is 23.3 Å². The van der Waals surface area contributed by atoms with Gasteiger partial charge in [-0.1, -0.05) is 0 Å². The van der Waals surface area contributed by atoms with Gasteiger partial charge in [0.1, 0.15) is 5.84 Å². The molecule has 0 aliphatic carbocycles. The lowest BCUT2D eigenvalue weighted by atomic mass is 10.6. The summed E-state index contributed by atoms with van der Waals surface area (Å²) in [5, 5.41) is 6.90. The molecule has 1 heterocycles. The molecular weight excluding hydrogens is 116 g/mol. The summed E-state index contributed by atoms with van der Waals surface area (Å²) in [4.78, 5) is 3.79. The Morgan fingerprint density at radius 1 is 1.78 bits per heavy atom. The van der Waals surface area contributed by atoms with Gasteiger partial charge in [0.05, 0.1) is 12.9 Å². The third-order valence-electron chi connectivity index (χ3n) is 0.912. The zero-order chi connectivity index (χ0) is 6.69. The minimum Gasteiger partial charge on any atom is -0.386 e. The van der Waals surface area contributed by atoms with Crippen LogP contribution in [0.4, 0.5) is 0 Å². The van der Waals surface area contributed by atoms with Crippen LogP contribution in [0.2, 0.25) is 0 Å². The van der Waals surface area contributed by atoms with Crippen molar-refractivity contribution in [1.29, 1.82) is 5.41 Å². The summed E-state index contributed by atoms with van der Waals surface area (Å²) in [5.41, 5.74) is 5.12. The van der Waals surface area contributed by atoms with Crippen LogP contribution >= 0.6 is 0 Å². The number of rotatable bonds is 2. The molecule has 0 fully saturated rings. The molecule has 0 spiro atoms. The second kappa shape index (κ2) is 2.30. The van der Waals surface area contributed by atoms with E-state index in [1.165, 1.54) is 0 Å². The maximum atomic E-state index is 6.90. The molecule has 9 heavy (non-hydrogen) atoms. The van der Waals surface area contributed by atoms with Gasteiger partial charge in [0.2, 0.25) is 0 Å². The average Bonchev–Trinajstić information content (AvgIpc) is 2.15. The summed E-state index contributed by atoms with van der Waals surface area (Å²) < 4.78 is 1.74. The van der Waals surface area contributed by atoms with Gasteiger partial charge in [-0.05, 0) is 0 Å². The molecule has 4 nitrogen and oxygen atoms in total. The standard InChI is InChI=1S/C5H8N4/c6-5(7)3-9-2-1-8-4-9/h1-2,4H,3H2,(H3,6,7). The third-order valence-corrected chi connectivity index (χ3v) is 0.912. The fraction of sp³-hybridized carbons (Fsp3) is 0.200. The van der Waals surface area contributed by atoms with Crippen molar-refractivity contribution in [3.05, 3.63) is 18.7 Å². The van der Waals surface area contributed by atoms with Crippen LogP contribution in [0.15, 0.2) is 18.7 Å². The lowest BCUT2D eigenvalue weighted by Gasteiger charge is -1.95. The van der Waals surface area contributed by atoms with E-state index in [0.29, 0.717) is 6.54 Å². The maximum absolute atomic E-state index is 6.90. The highest BCUT2D eigenvalue weighted by atomic mass is 15.0. The van der Waals surface area contributed by atoms with Crippen molar-refractivity contribution < 1.29 is 0 Å². The first-order valence-corrected chi connectivity index (χ1v) is 2.57. The highest BCUT2D eigenvalue weighted by Gasteiger charge is 1.88. The first-order valence-electron chi connectivity index (χ1n) is 2.57. The van der Waals surface area contributed by atoms with Crippen LogP contribution in [-0.2, 0) is 6.54 Å². The summed E-state index contributed by atoms with van der Waals surface area (Å²) in [6.45, 7) is 0.431. The molecule has 0 aromatic carbocycles. The average molecular weight is 124 g/mol. The predicted molar refractivity (Wildman–Crippen MR) is 34.1 cm³/mol. The number of nitrogens with two attached hydrogens (primary N) is 1. The van der Waals surface area contributed by atoms with E-state index in [1.807, 2.05) is 0 Å². The number of nitrogens with zero attached hydrogens (tertiary/aromatic N) is 2. The van der Waals surface area contributed by atoms with Crippen LogP contribution < -0.4 is 5.73 Å². The molecule has 0 saturated carbocycles. The van der Waals surface area contributed by atoms with E-state index < -0.39 is 0 Å². The number of nitrogens with one attached hydrogen (secondary N) is 1. The summed E-state index contributed by atoms with van der Waals surface area (Å²) in [5.74, 6) is 0.146. The second-order valence-electron chi connectivity index (χ2n) is 1.76. The SMILES string of the molecule is N=C(N)Cn1ccnc1. The monoisotopic (exact) mass is 124 g/mol. The van der Waals surface area contributed by atoms with E-state index in [2.05, 4.69) is 4.98 Å². The van der Waals surface area contributed by atoms with Gasteiger partial charge in [0, 0.05) is 12.4 Å². The van der Waals surface area contributed by atoms with Crippen LogP contribution in [0, 0.1) is 5.41 Å². The highest BCUT2D eigenvalue weighted by Crippen LogP contribution is 1.82. The van der Waals surface area contributed by atoms with Crippen molar-refractivity contribution >= 4 is 5.84 Å². The fourth-order valence-electron chi connectivity index (χ4n) is 0.577. The smallest absolute Gasteiger partial charge is 0.111 e. The number of amidine groups is 1. The molecule has 3 N–H and O–H groups in total. The van der Waals surface area contributed by atoms with Crippen molar-refractivity contribution in [2.45, 2.75) is 6.54 Å². The molecular formula is C5H8N4. The predicted octanol–water partition coefficient (Wildman–Crippen LogP) is -0.181. The lowest BCUT2D eigenvalue weighted by Crippen LogP contribution is -2.16. The first kappa shape index (κ1) is 5.81. The van der Waals surface area contributed by atoms with Gasteiger partial charge in [0.15, 0.2) is 0 Å². The quantitative estimate of drug-likeness (QED) is 0.424. The van der Waals surface area contributed by atoms with Gasteiger partial charge < -0.3 is 10.3 Å². The molecule has 48 valence electrons. The van der Waals surface area contributed by atoms with E-state index >= 15 is 0 Å². The summed E-state index contributed by atoms with van der Waals surface area (Å²) in [7, 11) is 0. The van der Waals surface area contributed by atoms with E-state index in [4.69, 9.17) is 11.1 Å². The largest absolute Gasteiger partial charge is 0.386 e. The zero-order valence-corrected chi connectivity index (χ0v) is 4.91. The van der Waals surface area contributed by atoms with Crippen molar-refractivity contribution in [3.63, 3.8) is 0 Å². The number of hydrogen-bond acceptors (Lipinski definition) is 2. The lowest BCUT2D eigenvalue weighted by molar-refractivity contribution is 0.840. The molecule has 0 aliphatic heterocycles. The topological polar surface area (TPSA) is 67.7 Å². The number of imidazole rings is 1. The van der Waals surface area contributed by atoms with Gasteiger partial charge in [0.25, 0.3) is 0 Å². The molecule has 0 radical (unpaired) electrons. The number of aromatic nitrogens is 2. The van der Waals surface area contributed by atoms with Gasteiger partial charge in [-0.2, -0.15) is 0 Å². The zero-order valence-electron chi connectivity index (χ0n) is 4.91. The Balaban J connectivity index is 2.58. The summed E-state index contributed by atoms with van der Waals surface area (Å²) >= 11 is 0. The van der Waals surface area contributed by atoms with Crippen molar-refractivity contribution in [3.8, 4) is 0 Å². The Kier molecular flexibility index (Phi) is 1.48. The highest BCUT2D eigenvalue weighted by molar-refractivity contribution is 5.76. The van der Waals surface area contributed by atoms with Gasteiger partial charge in [-0.25, -0.2) is 4.98 Å². The molecule has 0 aliphatic rings. The molecule has 0 unspecified atom stereocenters. The van der Waals surface area contributed by atoms with Crippen LogP contribution in [0.5, 0.6) is 0 Å². The van der Waals surface area contributed by atoms with Crippen LogP contribution in [-0.4, -0.2) is 15.4 Å². The number of hydrogen-bond donors (Lipinski definition) is 2. The second-order valence-corrected chi connectivity index (χ2v) is 1.76. The molecule has 4 heteroatoms. The normalized spacial score (nSPS) is 9.33. The molecule has 1 aromatic heterocycles. The molecule has 1 aromatic rings. The van der Waals surface area contributed by atoms with Crippen LogP contribution in [0.25, 0.3) is 0 Å². The summed E-state index contributed by atoms with van der Waals surface area (Å²) in [6.07, 6.45) is 5.05. The third kappa shape index (κ3) is 1.56. The molecule has 0 saturated heterocycles. The Morgan fingerprint density at radius 3 is 3.00 bits per heavy atom. The van der Waals surface area contributed by atoms with Crippen molar-refractivity contribution in [1.82, 2.24) is 9.55 Å². The van der Waals surface area contributed by atoms with Gasteiger partial charge in [-0.15, -0.1) is 0 Å². The van der Waals surface area contributed by atoms with Crippen LogP contribution in [0.3, 0.4) is 0 Å². The molecule has 0 atom stereocenters. The van der Waals surface area contributed by atoms with E-state index in [9.17, 15) is 0 Å². The van der Waals surface area contributed by atoms with Crippen molar-refractivity contribution in [2.75, 3.05) is 0 Å². The maximum Gasteiger partial charge on any atom is 0.111 e. The molecule has 0 amide bonds. The minimum absolute atomic E-state index is 0.146. The van der Waals surface area contributed by atoms with Gasteiger partial charge >= 0.3 is 0 Å². The van der Waals surface area contributed by atoms with Crippen LogP contribution in [0.1, 0.15) is 0 Å². The van der Waals surface area contributed by atoms with E-state index in [0.717, 1.165) is 0 Å². The minimum atomic E-state index is 0.146. The first-order chi connectivity index (χ1) is 4.29. The Bertz CT molecular complexity index is 189. The van der Waals surface area contributed by atoms with Gasteiger partial charge in [-0.3, -0.25) is 5.41 Å². The Morgan fingerprint density at radius 2 is 2.56 bits per heavy atom. The fourth-order valence-corrected chi connectivity index (χ4v) is 0.577. The Hall–Kier alpha value is -1.32. The van der Waals surface area contributed by atoms with E-state index in [-0.39, 0.29) is 5.84 Å². The van der Waals surface area contributed by atoms with Crippen molar-refractivity contribution in [2.24, 2.45) is 5.73 Å². The Labute approximate surface area is 52.8 Å². The molecule has 1 rings (SSSR count).